The van der Waals surface area contributed by atoms with E-state index in [0.717, 1.165) is 34.0 Å². The van der Waals surface area contributed by atoms with E-state index in [1.54, 1.807) is 12.1 Å². The van der Waals surface area contributed by atoms with E-state index in [0.29, 0.717) is 6.61 Å². The van der Waals surface area contributed by atoms with Crippen LogP contribution in [0.1, 0.15) is 36.4 Å². The predicted octanol–water partition coefficient (Wildman–Crippen LogP) is 3.61. The van der Waals surface area contributed by atoms with Crippen LogP contribution in [0.2, 0.25) is 0 Å². The normalized spacial score (nSPS) is 18.8. The lowest BCUT2D eigenvalue weighted by Crippen LogP contribution is -2.35. The van der Waals surface area contributed by atoms with Gasteiger partial charge in [0.25, 0.3) is 0 Å². The minimum atomic E-state index is -0.331. The van der Waals surface area contributed by atoms with E-state index in [9.17, 15) is 9.18 Å². The average Bonchev–Trinajstić information content (AvgIpc) is 3.17. The highest BCUT2D eigenvalue weighted by Gasteiger charge is 2.26. The molecule has 1 amide bonds. The zero-order chi connectivity index (χ0) is 16.4. The first-order valence-electron chi connectivity index (χ1n) is 7.70. The molecule has 23 heavy (non-hydrogen) atoms. The minimum absolute atomic E-state index is 0.0638. The van der Waals surface area contributed by atoms with Crippen molar-refractivity contribution in [3.63, 3.8) is 0 Å². The summed E-state index contributed by atoms with van der Waals surface area (Å²) >= 11 is 1.52. The summed E-state index contributed by atoms with van der Waals surface area (Å²) in [6, 6.07) is 6.15. The van der Waals surface area contributed by atoms with Gasteiger partial charge in [0.1, 0.15) is 16.9 Å². The van der Waals surface area contributed by atoms with Crippen molar-refractivity contribution in [2.45, 2.75) is 38.8 Å². The lowest BCUT2D eigenvalue weighted by Gasteiger charge is -2.16. The van der Waals surface area contributed by atoms with Gasteiger partial charge >= 0.3 is 0 Å². The van der Waals surface area contributed by atoms with Crippen molar-refractivity contribution >= 4 is 17.2 Å². The SMILES string of the molecule is Cc1nc(-c2ccc(F)cc2)sc1[C@H](C)NC(=O)[C@@H]1CCCO1. The van der Waals surface area contributed by atoms with Crippen molar-refractivity contribution in [1.82, 2.24) is 10.3 Å². The summed E-state index contributed by atoms with van der Waals surface area (Å²) in [5.74, 6) is -0.328. The van der Waals surface area contributed by atoms with Crippen LogP contribution in [0.15, 0.2) is 24.3 Å². The van der Waals surface area contributed by atoms with E-state index in [1.165, 1.54) is 23.5 Å². The Hall–Kier alpha value is -1.79. The second-order valence-corrected chi connectivity index (χ2v) is 6.74. The molecular weight excluding hydrogens is 315 g/mol. The van der Waals surface area contributed by atoms with Gasteiger partial charge in [0.2, 0.25) is 5.91 Å². The van der Waals surface area contributed by atoms with Gasteiger partial charge in [-0.15, -0.1) is 11.3 Å². The summed E-state index contributed by atoms with van der Waals surface area (Å²) in [6.07, 6.45) is 1.38. The molecule has 2 aromatic rings. The molecule has 1 aliphatic heterocycles. The van der Waals surface area contributed by atoms with Crippen molar-refractivity contribution in [2.24, 2.45) is 0 Å². The maximum absolute atomic E-state index is 13.0. The number of carbonyl (C=O) groups is 1. The van der Waals surface area contributed by atoms with Gasteiger partial charge in [-0.2, -0.15) is 0 Å². The Morgan fingerprint density at radius 2 is 2.17 bits per heavy atom. The van der Waals surface area contributed by atoms with Gasteiger partial charge in [0.15, 0.2) is 0 Å². The van der Waals surface area contributed by atoms with Crippen LogP contribution < -0.4 is 5.32 Å². The van der Waals surface area contributed by atoms with E-state index < -0.39 is 0 Å². The molecule has 0 saturated carbocycles. The number of thiazole rings is 1. The molecule has 2 atom stereocenters. The first kappa shape index (κ1) is 16.1. The highest BCUT2D eigenvalue weighted by molar-refractivity contribution is 7.15. The molecular formula is C17H19FN2O2S. The highest BCUT2D eigenvalue weighted by atomic mass is 32.1. The Balaban J connectivity index is 1.74. The van der Waals surface area contributed by atoms with E-state index in [4.69, 9.17) is 4.74 Å². The fraction of sp³-hybridized carbons (Fsp3) is 0.412. The van der Waals surface area contributed by atoms with Crippen LogP contribution in [-0.2, 0) is 9.53 Å². The zero-order valence-electron chi connectivity index (χ0n) is 13.1. The molecule has 0 radical (unpaired) electrons. The van der Waals surface area contributed by atoms with E-state index in [1.807, 2.05) is 13.8 Å². The molecule has 1 saturated heterocycles. The number of nitrogens with one attached hydrogen (secondary N) is 1. The lowest BCUT2D eigenvalue weighted by molar-refractivity contribution is -0.130. The number of ether oxygens (including phenoxy) is 1. The fourth-order valence-corrected chi connectivity index (χ4v) is 3.76. The van der Waals surface area contributed by atoms with Gasteiger partial charge < -0.3 is 10.1 Å². The summed E-state index contributed by atoms with van der Waals surface area (Å²) in [7, 11) is 0. The van der Waals surface area contributed by atoms with E-state index in [-0.39, 0.29) is 23.9 Å². The summed E-state index contributed by atoms with van der Waals surface area (Å²) in [5.41, 5.74) is 1.76. The molecule has 0 aliphatic carbocycles. The molecule has 4 nitrogen and oxygen atoms in total. The van der Waals surface area contributed by atoms with Gasteiger partial charge in [-0.3, -0.25) is 4.79 Å². The highest BCUT2D eigenvalue weighted by Crippen LogP contribution is 2.32. The van der Waals surface area contributed by atoms with Crippen LogP contribution in [-0.4, -0.2) is 23.6 Å². The number of aryl methyl sites for hydroxylation is 1. The van der Waals surface area contributed by atoms with Gasteiger partial charge in [0.05, 0.1) is 16.6 Å². The van der Waals surface area contributed by atoms with Gasteiger partial charge in [-0.05, 0) is 51.0 Å². The third-order valence-corrected chi connectivity index (χ3v) is 5.29. The number of benzene rings is 1. The first-order chi connectivity index (χ1) is 11.0. The smallest absolute Gasteiger partial charge is 0.249 e. The van der Waals surface area contributed by atoms with Crippen molar-refractivity contribution < 1.29 is 13.9 Å². The molecule has 1 fully saturated rings. The summed E-state index contributed by atoms with van der Waals surface area (Å²) < 4.78 is 18.4. The molecule has 1 aromatic heterocycles. The van der Waals surface area contributed by atoms with Crippen LogP contribution in [0, 0.1) is 12.7 Å². The molecule has 6 heteroatoms. The molecule has 0 unspecified atom stereocenters. The molecule has 122 valence electrons. The van der Waals surface area contributed by atoms with E-state index in [2.05, 4.69) is 10.3 Å². The number of halogens is 1. The second-order valence-electron chi connectivity index (χ2n) is 5.71. The molecule has 1 N–H and O–H groups in total. The number of hydrogen-bond acceptors (Lipinski definition) is 4. The molecule has 3 rings (SSSR count). The number of carbonyl (C=O) groups excluding carboxylic acids is 1. The summed E-state index contributed by atoms with van der Waals surface area (Å²) in [6.45, 7) is 4.52. The standard InChI is InChI=1S/C17H19FN2O2S/c1-10(19-16(21)14-4-3-9-22-14)15-11(2)20-17(23-15)12-5-7-13(18)8-6-12/h5-8,10,14H,3-4,9H2,1-2H3,(H,19,21)/t10-,14-/m0/s1. The average molecular weight is 334 g/mol. The van der Waals surface area contributed by atoms with Gasteiger partial charge in [-0.1, -0.05) is 0 Å². The van der Waals surface area contributed by atoms with Crippen LogP contribution in [0.3, 0.4) is 0 Å². The molecule has 2 heterocycles. The molecule has 0 bridgehead atoms. The zero-order valence-corrected chi connectivity index (χ0v) is 14.0. The number of rotatable bonds is 4. The van der Waals surface area contributed by atoms with E-state index >= 15 is 0 Å². The Morgan fingerprint density at radius 3 is 2.83 bits per heavy atom. The lowest BCUT2D eigenvalue weighted by atomic mass is 10.2. The van der Waals surface area contributed by atoms with Crippen LogP contribution in [0.25, 0.3) is 10.6 Å². The van der Waals surface area contributed by atoms with Crippen LogP contribution >= 0.6 is 11.3 Å². The molecule has 1 aromatic carbocycles. The topological polar surface area (TPSA) is 51.2 Å². The van der Waals surface area contributed by atoms with Gasteiger partial charge in [-0.25, -0.2) is 9.37 Å². The Kier molecular flexibility index (Phi) is 4.73. The third kappa shape index (κ3) is 3.59. The number of amides is 1. The molecule has 1 aliphatic rings. The quantitative estimate of drug-likeness (QED) is 0.929. The largest absolute Gasteiger partial charge is 0.368 e. The van der Waals surface area contributed by atoms with Crippen molar-refractivity contribution in [2.75, 3.05) is 6.61 Å². The molecule has 0 spiro atoms. The first-order valence-corrected chi connectivity index (χ1v) is 8.51. The number of aromatic nitrogens is 1. The maximum atomic E-state index is 13.0. The van der Waals surface area contributed by atoms with Crippen molar-refractivity contribution in [1.29, 1.82) is 0 Å². The summed E-state index contributed by atoms with van der Waals surface area (Å²) in [4.78, 5) is 17.7. The Labute approximate surface area is 138 Å². The van der Waals surface area contributed by atoms with Gasteiger partial charge in [0, 0.05) is 12.2 Å². The Morgan fingerprint density at radius 1 is 1.43 bits per heavy atom. The monoisotopic (exact) mass is 334 g/mol. The third-order valence-electron chi connectivity index (χ3n) is 3.90. The van der Waals surface area contributed by atoms with Crippen molar-refractivity contribution in [3.05, 3.63) is 40.7 Å². The van der Waals surface area contributed by atoms with Crippen LogP contribution in [0.5, 0.6) is 0 Å². The minimum Gasteiger partial charge on any atom is -0.368 e. The maximum Gasteiger partial charge on any atom is 0.249 e. The Bertz CT molecular complexity index is 693. The number of hydrogen-bond donors (Lipinski definition) is 1. The van der Waals surface area contributed by atoms with Crippen molar-refractivity contribution in [3.8, 4) is 10.6 Å². The second kappa shape index (κ2) is 6.76. The van der Waals surface area contributed by atoms with Crippen LogP contribution in [0.4, 0.5) is 4.39 Å². The fourth-order valence-electron chi connectivity index (χ4n) is 2.68. The predicted molar refractivity (Wildman–Crippen MR) is 87.8 cm³/mol. The number of nitrogens with zero attached hydrogens (tertiary/aromatic N) is 1. The summed E-state index contributed by atoms with van der Waals surface area (Å²) in [5, 5.41) is 3.83.